The fourth-order valence-corrected chi connectivity index (χ4v) is 1.65. The molecule has 2 rings (SSSR count). The molecule has 2 aromatic rings. The van der Waals surface area contributed by atoms with Gasteiger partial charge in [-0.3, -0.25) is 0 Å². The van der Waals surface area contributed by atoms with Gasteiger partial charge in [0.2, 0.25) is 0 Å². The van der Waals surface area contributed by atoms with Gasteiger partial charge in [-0.25, -0.2) is 0 Å². The summed E-state index contributed by atoms with van der Waals surface area (Å²) >= 11 is 0. The zero-order chi connectivity index (χ0) is 15.5. The van der Waals surface area contributed by atoms with Crippen molar-refractivity contribution in [3.63, 3.8) is 0 Å². The number of hydrogen-bond donors (Lipinski definition) is 0. The molecule has 0 aromatic heterocycles. The van der Waals surface area contributed by atoms with Crippen molar-refractivity contribution >= 4 is 0 Å². The van der Waals surface area contributed by atoms with Crippen LogP contribution in [0, 0.1) is 11.3 Å². The number of ether oxygens (including phenoxy) is 2. The molecule has 0 aliphatic carbocycles. The Morgan fingerprint density at radius 3 is 2.14 bits per heavy atom. The molecule has 2 aromatic carbocycles. The Hall–Kier alpha value is -2.68. The average molecular weight is 293 g/mol. The number of nitriles is 1. The highest BCUT2D eigenvalue weighted by Gasteiger charge is 2.31. The van der Waals surface area contributed by atoms with Crippen LogP contribution in [0.3, 0.4) is 0 Å². The summed E-state index contributed by atoms with van der Waals surface area (Å²) in [6.45, 7) is 0. The van der Waals surface area contributed by atoms with E-state index in [-0.39, 0.29) is 11.3 Å². The van der Waals surface area contributed by atoms with Crippen LogP contribution in [-0.4, -0.2) is 7.11 Å². The minimum atomic E-state index is -4.49. The Morgan fingerprint density at radius 1 is 1.00 bits per heavy atom. The lowest BCUT2D eigenvalue weighted by Crippen LogP contribution is -2.05. The summed E-state index contributed by atoms with van der Waals surface area (Å²) in [7, 11) is 1.50. The third kappa shape index (κ3) is 3.45. The maximum atomic E-state index is 12.7. The van der Waals surface area contributed by atoms with Gasteiger partial charge in [-0.2, -0.15) is 18.4 Å². The molecule has 0 atom stereocenters. The smallest absolute Gasteiger partial charge is 0.416 e. The zero-order valence-electron chi connectivity index (χ0n) is 10.9. The van der Waals surface area contributed by atoms with Gasteiger partial charge in [0.25, 0.3) is 0 Å². The molecule has 0 aliphatic heterocycles. The van der Waals surface area contributed by atoms with E-state index in [9.17, 15) is 13.2 Å². The highest BCUT2D eigenvalue weighted by atomic mass is 19.4. The summed E-state index contributed by atoms with van der Waals surface area (Å²) in [4.78, 5) is 0. The molecule has 0 radical (unpaired) electrons. The summed E-state index contributed by atoms with van der Waals surface area (Å²) in [5.41, 5.74) is -0.844. The van der Waals surface area contributed by atoms with Crippen LogP contribution in [0.1, 0.15) is 11.1 Å². The summed E-state index contributed by atoms with van der Waals surface area (Å²) in [6, 6.07) is 10.8. The van der Waals surface area contributed by atoms with Crippen LogP contribution in [0.2, 0.25) is 0 Å². The molecular weight excluding hydrogens is 283 g/mol. The first-order valence-electron chi connectivity index (χ1n) is 5.87. The van der Waals surface area contributed by atoms with Crippen molar-refractivity contribution < 1.29 is 22.6 Å². The van der Waals surface area contributed by atoms with Crippen LogP contribution in [0.4, 0.5) is 13.2 Å². The van der Waals surface area contributed by atoms with Gasteiger partial charge in [0.15, 0.2) is 0 Å². The van der Waals surface area contributed by atoms with Gasteiger partial charge in [-0.15, -0.1) is 0 Å². The van der Waals surface area contributed by atoms with E-state index in [1.165, 1.54) is 7.11 Å². The van der Waals surface area contributed by atoms with Crippen LogP contribution in [0.5, 0.6) is 17.2 Å². The van der Waals surface area contributed by atoms with Gasteiger partial charge in [0.1, 0.15) is 23.3 Å². The molecule has 0 aliphatic rings. The minimum absolute atomic E-state index is 0.0267. The molecule has 3 nitrogen and oxygen atoms in total. The van der Waals surface area contributed by atoms with E-state index in [0.717, 1.165) is 18.2 Å². The second-order valence-corrected chi connectivity index (χ2v) is 4.10. The lowest BCUT2D eigenvalue weighted by atomic mass is 10.1. The Balaban J connectivity index is 2.35. The van der Waals surface area contributed by atoms with Crippen molar-refractivity contribution in [3.8, 4) is 23.3 Å². The summed E-state index contributed by atoms with van der Waals surface area (Å²) in [5, 5.41) is 8.94. The fraction of sp³-hybridized carbons (Fsp3) is 0.133. The van der Waals surface area contributed by atoms with Crippen molar-refractivity contribution in [2.75, 3.05) is 7.11 Å². The lowest BCUT2D eigenvalue weighted by Gasteiger charge is -2.11. The number of halogens is 3. The van der Waals surface area contributed by atoms with E-state index in [0.29, 0.717) is 11.5 Å². The Labute approximate surface area is 119 Å². The average Bonchev–Trinajstić information content (AvgIpc) is 2.47. The van der Waals surface area contributed by atoms with Crippen LogP contribution in [0.25, 0.3) is 0 Å². The van der Waals surface area contributed by atoms with Crippen LogP contribution in [-0.2, 0) is 6.18 Å². The van der Waals surface area contributed by atoms with E-state index in [1.807, 2.05) is 0 Å². The number of hydrogen-bond acceptors (Lipinski definition) is 3. The van der Waals surface area contributed by atoms with Crippen LogP contribution >= 0.6 is 0 Å². The molecule has 0 amide bonds. The molecule has 0 saturated heterocycles. The predicted molar refractivity (Wildman–Crippen MR) is 69.2 cm³/mol. The van der Waals surface area contributed by atoms with E-state index < -0.39 is 11.7 Å². The van der Waals surface area contributed by atoms with Crippen molar-refractivity contribution in [2.24, 2.45) is 0 Å². The number of nitrogens with zero attached hydrogens (tertiary/aromatic N) is 1. The standard InChI is InChI=1S/C15H10F3NO2/c1-20-12-4-6-13(7-5-12)21-14-8-11(15(16,17)18)3-2-10(14)9-19/h2-8H,1H3. The fourth-order valence-electron chi connectivity index (χ4n) is 1.65. The van der Waals surface area contributed by atoms with E-state index in [1.54, 1.807) is 30.3 Å². The lowest BCUT2D eigenvalue weighted by molar-refractivity contribution is -0.137. The second-order valence-electron chi connectivity index (χ2n) is 4.10. The molecule has 6 heteroatoms. The first-order chi connectivity index (χ1) is 9.94. The predicted octanol–water partition coefficient (Wildman–Crippen LogP) is 4.38. The quantitative estimate of drug-likeness (QED) is 0.843. The molecule has 108 valence electrons. The number of methoxy groups -OCH3 is 1. The summed E-state index contributed by atoms with van der Waals surface area (Å²) in [5.74, 6) is 0.760. The molecule has 0 unspecified atom stereocenters. The minimum Gasteiger partial charge on any atom is -0.497 e. The highest BCUT2D eigenvalue weighted by Crippen LogP contribution is 2.34. The molecule has 0 N–H and O–H groups in total. The third-order valence-electron chi connectivity index (χ3n) is 2.72. The maximum absolute atomic E-state index is 12.7. The highest BCUT2D eigenvalue weighted by molar-refractivity contribution is 5.48. The second kappa shape index (κ2) is 5.75. The zero-order valence-corrected chi connectivity index (χ0v) is 10.9. The van der Waals surface area contributed by atoms with Gasteiger partial charge in [-0.05, 0) is 42.5 Å². The maximum Gasteiger partial charge on any atom is 0.416 e. The van der Waals surface area contributed by atoms with E-state index in [4.69, 9.17) is 14.7 Å². The monoisotopic (exact) mass is 293 g/mol. The number of alkyl halides is 3. The molecule has 0 spiro atoms. The van der Waals surface area contributed by atoms with E-state index >= 15 is 0 Å². The summed E-state index contributed by atoms with van der Waals surface area (Å²) in [6.07, 6.45) is -4.49. The Kier molecular flexibility index (Phi) is 4.03. The van der Waals surface area contributed by atoms with Gasteiger partial charge in [-0.1, -0.05) is 0 Å². The normalized spacial score (nSPS) is 10.8. The first kappa shape index (κ1) is 14.7. The third-order valence-corrected chi connectivity index (χ3v) is 2.72. The largest absolute Gasteiger partial charge is 0.497 e. The Bertz CT molecular complexity index is 673. The van der Waals surface area contributed by atoms with Crippen molar-refractivity contribution in [2.45, 2.75) is 6.18 Å². The van der Waals surface area contributed by atoms with Crippen LogP contribution < -0.4 is 9.47 Å². The van der Waals surface area contributed by atoms with Crippen molar-refractivity contribution in [3.05, 3.63) is 53.6 Å². The Morgan fingerprint density at radius 2 is 1.62 bits per heavy atom. The van der Waals surface area contributed by atoms with Gasteiger partial charge in [0, 0.05) is 0 Å². The molecule has 0 bridgehead atoms. The van der Waals surface area contributed by atoms with Crippen LogP contribution in [0.15, 0.2) is 42.5 Å². The summed E-state index contributed by atoms with van der Waals surface area (Å²) < 4.78 is 48.4. The molecule has 0 heterocycles. The molecule has 0 saturated carbocycles. The van der Waals surface area contributed by atoms with Crippen molar-refractivity contribution in [1.29, 1.82) is 5.26 Å². The topological polar surface area (TPSA) is 42.2 Å². The van der Waals surface area contributed by atoms with Crippen molar-refractivity contribution in [1.82, 2.24) is 0 Å². The van der Waals surface area contributed by atoms with Gasteiger partial charge in [0.05, 0.1) is 18.2 Å². The van der Waals surface area contributed by atoms with E-state index in [2.05, 4.69) is 0 Å². The molecule has 0 fully saturated rings. The first-order valence-corrected chi connectivity index (χ1v) is 5.87. The van der Waals surface area contributed by atoms with Gasteiger partial charge >= 0.3 is 6.18 Å². The number of benzene rings is 2. The SMILES string of the molecule is COc1ccc(Oc2cc(C(F)(F)F)ccc2C#N)cc1. The van der Waals surface area contributed by atoms with Gasteiger partial charge < -0.3 is 9.47 Å². The molecule has 21 heavy (non-hydrogen) atoms. The molecular formula is C15H10F3NO2. The number of rotatable bonds is 3.